The number of aliphatic hydroxyl groups is 1. The molecule has 4 heteroatoms. The second kappa shape index (κ2) is 5.76. The molecule has 3 aliphatic rings. The average molecular weight is 329 g/mol. The van der Waals surface area contributed by atoms with E-state index in [2.05, 4.69) is 12.1 Å². The van der Waals surface area contributed by atoms with Gasteiger partial charge in [0.2, 0.25) is 5.91 Å². The topological polar surface area (TPSA) is 49.8 Å². The fourth-order valence-corrected chi connectivity index (χ4v) is 4.60. The zero-order chi connectivity index (χ0) is 16.9. The van der Waals surface area contributed by atoms with Crippen LogP contribution in [0.4, 0.5) is 0 Å². The Morgan fingerprint density at radius 2 is 1.96 bits per heavy atom. The molecule has 1 N–H and O–H groups in total. The summed E-state index contributed by atoms with van der Waals surface area (Å²) in [5.41, 5.74) is 1.62. The predicted molar refractivity (Wildman–Crippen MR) is 92.1 cm³/mol. The van der Waals surface area contributed by atoms with E-state index in [9.17, 15) is 9.90 Å². The lowest BCUT2D eigenvalue weighted by Crippen LogP contribution is -2.53. The number of hydrogen-bond acceptors (Lipinski definition) is 3. The van der Waals surface area contributed by atoms with Crippen molar-refractivity contribution in [3.8, 4) is 5.75 Å². The summed E-state index contributed by atoms with van der Waals surface area (Å²) in [6.07, 6.45) is 5.81. The number of amides is 1. The van der Waals surface area contributed by atoms with E-state index in [0.29, 0.717) is 12.3 Å². The number of aliphatic hydroxyl groups excluding tert-OH is 1. The molecule has 2 fully saturated rings. The number of nitrogens with zero attached hydrogens (tertiary/aromatic N) is 1. The van der Waals surface area contributed by atoms with Gasteiger partial charge < -0.3 is 14.7 Å². The number of benzene rings is 1. The molecule has 2 aliphatic heterocycles. The Kier molecular flexibility index (Phi) is 3.83. The van der Waals surface area contributed by atoms with Crippen LogP contribution in [0.5, 0.6) is 5.75 Å². The largest absolute Gasteiger partial charge is 0.485 e. The Bertz CT molecular complexity index is 648. The smallest absolute Gasteiger partial charge is 0.223 e. The summed E-state index contributed by atoms with van der Waals surface area (Å²) < 4.78 is 6.09. The van der Waals surface area contributed by atoms with Crippen LogP contribution >= 0.6 is 0 Å². The molecule has 130 valence electrons. The van der Waals surface area contributed by atoms with Gasteiger partial charge in [0.15, 0.2) is 0 Å². The van der Waals surface area contributed by atoms with Crippen LogP contribution in [0.25, 0.3) is 0 Å². The third-order valence-electron chi connectivity index (χ3n) is 6.01. The molecule has 24 heavy (non-hydrogen) atoms. The molecule has 1 aromatic carbocycles. The fraction of sp³-hybridized carbons (Fsp3) is 0.650. The standard InChI is InChI=1S/C20H27NO3/c1-20(2)19(23)18(21-11-5-8-17(21)22)15-12-14(9-10-16(15)24-20)13-6-3-4-7-13/h9-10,12-13,18-19,23H,3-8,11H2,1-2H3/t18-,19+/m0/s1. The van der Waals surface area contributed by atoms with Gasteiger partial charge in [-0.3, -0.25) is 4.79 Å². The SMILES string of the molecule is CC1(C)Oc2ccc(C3CCCC3)cc2[C@H](N2CCCC2=O)[C@H]1O. The van der Waals surface area contributed by atoms with Gasteiger partial charge in [-0.05, 0) is 56.7 Å². The first-order valence-corrected chi connectivity index (χ1v) is 9.28. The molecular formula is C20H27NO3. The zero-order valence-electron chi connectivity index (χ0n) is 14.6. The van der Waals surface area contributed by atoms with Crippen LogP contribution in [0, 0.1) is 0 Å². The lowest BCUT2D eigenvalue weighted by Gasteiger charge is -2.45. The third-order valence-corrected chi connectivity index (χ3v) is 6.01. The molecule has 4 rings (SSSR count). The Hall–Kier alpha value is -1.55. The molecule has 0 bridgehead atoms. The van der Waals surface area contributed by atoms with E-state index in [1.807, 2.05) is 24.8 Å². The van der Waals surface area contributed by atoms with E-state index in [4.69, 9.17) is 4.74 Å². The number of rotatable bonds is 2. The van der Waals surface area contributed by atoms with E-state index in [0.717, 1.165) is 24.3 Å². The van der Waals surface area contributed by atoms with Crippen LogP contribution in [0.1, 0.15) is 75.5 Å². The maximum absolute atomic E-state index is 12.4. The second-order valence-corrected chi connectivity index (χ2v) is 8.06. The highest BCUT2D eigenvalue weighted by atomic mass is 16.5. The highest BCUT2D eigenvalue weighted by molar-refractivity contribution is 5.79. The van der Waals surface area contributed by atoms with Crippen LogP contribution in [-0.4, -0.2) is 34.2 Å². The molecule has 0 radical (unpaired) electrons. The van der Waals surface area contributed by atoms with Crippen molar-refractivity contribution in [1.82, 2.24) is 4.90 Å². The first kappa shape index (κ1) is 15.9. The van der Waals surface area contributed by atoms with Crippen molar-refractivity contribution < 1.29 is 14.6 Å². The monoisotopic (exact) mass is 329 g/mol. The van der Waals surface area contributed by atoms with Crippen molar-refractivity contribution >= 4 is 5.91 Å². The van der Waals surface area contributed by atoms with Gasteiger partial charge in [0.05, 0.1) is 6.04 Å². The summed E-state index contributed by atoms with van der Waals surface area (Å²) in [6, 6.07) is 6.12. The van der Waals surface area contributed by atoms with E-state index in [1.54, 1.807) is 0 Å². The highest BCUT2D eigenvalue weighted by Crippen LogP contribution is 2.46. The number of hydrogen-bond donors (Lipinski definition) is 1. The first-order valence-electron chi connectivity index (χ1n) is 9.28. The predicted octanol–water partition coefficient (Wildman–Crippen LogP) is 3.54. The maximum Gasteiger partial charge on any atom is 0.223 e. The van der Waals surface area contributed by atoms with Gasteiger partial charge in [0, 0.05) is 18.5 Å². The molecule has 2 atom stereocenters. The van der Waals surface area contributed by atoms with E-state index >= 15 is 0 Å². The number of ether oxygens (including phenoxy) is 1. The van der Waals surface area contributed by atoms with Crippen LogP contribution in [-0.2, 0) is 4.79 Å². The minimum absolute atomic E-state index is 0.147. The van der Waals surface area contributed by atoms with Gasteiger partial charge in [-0.1, -0.05) is 18.9 Å². The summed E-state index contributed by atoms with van der Waals surface area (Å²) in [6.45, 7) is 4.53. The second-order valence-electron chi connectivity index (χ2n) is 8.06. The third kappa shape index (κ3) is 2.52. The number of carbonyl (C=O) groups excluding carboxylic acids is 1. The molecule has 0 unspecified atom stereocenters. The number of carbonyl (C=O) groups is 1. The molecule has 0 aromatic heterocycles. The van der Waals surface area contributed by atoms with Crippen molar-refractivity contribution in [3.05, 3.63) is 29.3 Å². The maximum atomic E-state index is 12.4. The van der Waals surface area contributed by atoms with Crippen molar-refractivity contribution in [3.63, 3.8) is 0 Å². The zero-order valence-corrected chi connectivity index (χ0v) is 14.6. The fourth-order valence-electron chi connectivity index (χ4n) is 4.60. The van der Waals surface area contributed by atoms with E-state index in [-0.39, 0.29) is 11.9 Å². The Balaban J connectivity index is 1.77. The van der Waals surface area contributed by atoms with Crippen LogP contribution in [0.3, 0.4) is 0 Å². The Labute approximate surface area is 143 Å². The summed E-state index contributed by atoms with van der Waals surface area (Å²) >= 11 is 0. The summed E-state index contributed by atoms with van der Waals surface area (Å²) in [4.78, 5) is 14.2. The van der Waals surface area contributed by atoms with Gasteiger partial charge in [-0.15, -0.1) is 0 Å². The molecule has 0 spiro atoms. The minimum Gasteiger partial charge on any atom is -0.485 e. The molecule has 4 nitrogen and oxygen atoms in total. The summed E-state index contributed by atoms with van der Waals surface area (Å²) in [7, 11) is 0. The average Bonchev–Trinajstić information content (AvgIpc) is 3.20. The number of likely N-dealkylation sites (tertiary alicyclic amines) is 1. The summed E-state index contributed by atoms with van der Waals surface area (Å²) in [5, 5.41) is 11.0. The van der Waals surface area contributed by atoms with E-state index < -0.39 is 11.7 Å². The van der Waals surface area contributed by atoms with Crippen LogP contribution < -0.4 is 4.74 Å². The van der Waals surface area contributed by atoms with Crippen molar-refractivity contribution in [1.29, 1.82) is 0 Å². The minimum atomic E-state index is -0.717. The molecule has 1 aliphatic carbocycles. The van der Waals surface area contributed by atoms with Crippen LogP contribution in [0.2, 0.25) is 0 Å². The van der Waals surface area contributed by atoms with Crippen LogP contribution in [0.15, 0.2) is 18.2 Å². The molecule has 2 heterocycles. The Morgan fingerprint density at radius 3 is 2.62 bits per heavy atom. The highest BCUT2D eigenvalue weighted by Gasteiger charge is 2.47. The van der Waals surface area contributed by atoms with Gasteiger partial charge >= 0.3 is 0 Å². The van der Waals surface area contributed by atoms with Gasteiger partial charge in [-0.25, -0.2) is 0 Å². The van der Waals surface area contributed by atoms with Gasteiger partial charge in [-0.2, -0.15) is 0 Å². The van der Waals surface area contributed by atoms with Crippen molar-refractivity contribution in [2.45, 2.75) is 76.0 Å². The van der Waals surface area contributed by atoms with Gasteiger partial charge in [0.25, 0.3) is 0 Å². The molecular weight excluding hydrogens is 302 g/mol. The quantitative estimate of drug-likeness (QED) is 0.903. The van der Waals surface area contributed by atoms with Crippen molar-refractivity contribution in [2.24, 2.45) is 0 Å². The lowest BCUT2D eigenvalue weighted by atomic mass is 9.83. The summed E-state index contributed by atoms with van der Waals surface area (Å²) in [5.74, 6) is 1.57. The van der Waals surface area contributed by atoms with E-state index in [1.165, 1.54) is 31.2 Å². The molecule has 1 saturated carbocycles. The normalized spacial score (nSPS) is 29.6. The Morgan fingerprint density at radius 1 is 1.21 bits per heavy atom. The molecule has 1 aromatic rings. The molecule has 1 amide bonds. The first-order chi connectivity index (χ1) is 11.5. The van der Waals surface area contributed by atoms with Gasteiger partial charge in [0.1, 0.15) is 17.5 Å². The molecule has 1 saturated heterocycles. The van der Waals surface area contributed by atoms with Crippen molar-refractivity contribution in [2.75, 3.05) is 6.54 Å². The number of fused-ring (bicyclic) bond motifs is 1. The lowest BCUT2D eigenvalue weighted by molar-refractivity contribution is -0.139.